The summed E-state index contributed by atoms with van der Waals surface area (Å²) >= 11 is 1.27. The number of ketones is 1. The normalized spacial score (nSPS) is 11.2. The molecule has 0 bridgehead atoms. The van der Waals surface area contributed by atoms with Gasteiger partial charge >= 0.3 is 0 Å². The number of hydrogen-bond donors (Lipinski definition) is 1. The average molecular weight is 480 g/mol. The zero-order chi connectivity index (χ0) is 24.4. The van der Waals surface area contributed by atoms with Crippen LogP contribution < -0.4 is 10.6 Å². The molecule has 10 heteroatoms. The van der Waals surface area contributed by atoms with Gasteiger partial charge in [0.15, 0.2) is 5.78 Å². The van der Waals surface area contributed by atoms with Crippen molar-refractivity contribution in [3.63, 3.8) is 0 Å². The number of nitrogen functional groups attached to an aromatic ring is 1. The predicted molar refractivity (Wildman–Crippen MR) is 132 cm³/mol. The molecule has 0 radical (unpaired) electrons. The highest BCUT2D eigenvalue weighted by Crippen LogP contribution is 2.22. The van der Waals surface area contributed by atoms with E-state index < -0.39 is 0 Å². The quantitative estimate of drug-likeness (QED) is 0.223. The van der Waals surface area contributed by atoms with Crippen molar-refractivity contribution in [1.82, 2.24) is 29.2 Å². The number of hydrogen-bond acceptors (Lipinski definition) is 7. The van der Waals surface area contributed by atoms with E-state index in [0.29, 0.717) is 11.1 Å². The molecule has 0 spiro atoms. The minimum Gasteiger partial charge on any atom is -0.497 e. The minimum absolute atomic E-state index is 0.0319. The number of aryl methyl sites for hydroxylation is 4. The van der Waals surface area contributed by atoms with Crippen LogP contribution in [0.25, 0.3) is 5.95 Å². The highest BCUT2D eigenvalue weighted by atomic mass is 32.2. The Hall–Kier alpha value is -3.53. The van der Waals surface area contributed by atoms with Gasteiger partial charge in [0.2, 0.25) is 5.16 Å². The van der Waals surface area contributed by atoms with E-state index in [4.69, 9.17) is 10.6 Å². The third kappa shape index (κ3) is 4.72. The Labute approximate surface area is 202 Å². The molecule has 0 saturated heterocycles. The van der Waals surface area contributed by atoms with Gasteiger partial charge in [0.05, 0.1) is 18.6 Å². The standard InChI is InChI=1S/C24H29N7O2S/c1-15-12-17(3)31(28-15)23-26-27-24(30(23)25)34-14-22(32)21-13-16(2)29(18(21)4)11-10-19-6-8-20(33-5)9-7-19/h6-9,12-13H,10-11,14,25H2,1-5H3. The number of nitrogens with two attached hydrogens (primary N) is 1. The molecule has 0 aliphatic heterocycles. The second-order valence-electron chi connectivity index (χ2n) is 8.24. The van der Waals surface area contributed by atoms with Crippen molar-refractivity contribution in [3.8, 4) is 11.7 Å². The van der Waals surface area contributed by atoms with Crippen LogP contribution in [-0.4, -0.2) is 47.9 Å². The summed E-state index contributed by atoms with van der Waals surface area (Å²) in [7, 11) is 1.66. The zero-order valence-electron chi connectivity index (χ0n) is 20.1. The Bertz CT molecular complexity index is 1320. The first-order valence-corrected chi connectivity index (χ1v) is 12.0. The van der Waals surface area contributed by atoms with Gasteiger partial charge in [-0.15, -0.1) is 10.2 Å². The number of aromatic nitrogens is 6. The molecule has 0 saturated carbocycles. The lowest BCUT2D eigenvalue weighted by atomic mass is 10.1. The number of benzene rings is 1. The van der Waals surface area contributed by atoms with E-state index in [1.54, 1.807) is 11.8 Å². The molecule has 3 aromatic heterocycles. The van der Waals surface area contributed by atoms with E-state index in [2.05, 4.69) is 32.0 Å². The van der Waals surface area contributed by atoms with Gasteiger partial charge in [0.25, 0.3) is 5.95 Å². The first kappa shape index (κ1) is 23.6. The first-order chi connectivity index (χ1) is 16.3. The van der Waals surface area contributed by atoms with Crippen LogP contribution in [0.4, 0.5) is 0 Å². The molecule has 178 valence electrons. The van der Waals surface area contributed by atoms with Crippen molar-refractivity contribution >= 4 is 17.5 Å². The zero-order valence-corrected chi connectivity index (χ0v) is 20.9. The van der Waals surface area contributed by atoms with Crippen molar-refractivity contribution in [2.24, 2.45) is 0 Å². The van der Waals surface area contributed by atoms with Gasteiger partial charge in [-0.2, -0.15) is 5.10 Å². The van der Waals surface area contributed by atoms with E-state index in [0.717, 1.165) is 47.1 Å². The van der Waals surface area contributed by atoms with Crippen LogP contribution >= 0.6 is 11.8 Å². The molecule has 0 aliphatic rings. The largest absolute Gasteiger partial charge is 0.497 e. The molecule has 4 aromatic rings. The first-order valence-electron chi connectivity index (χ1n) is 11.0. The molecule has 0 atom stereocenters. The number of Topliss-reactive ketones (excluding diaryl/α,β-unsaturated/α-hetero) is 1. The topological polar surface area (TPSA) is 106 Å². The van der Waals surface area contributed by atoms with Crippen LogP contribution in [0.15, 0.2) is 41.6 Å². The van der Waals surface area contributed by atoms with E-state index in [-0.39, 0.29) is 11.5 Å². The van der Waals surface area contributed by atoms with E-state index in [9.17, 15) is 4.79 Å². The Balaban J connectivity index is 1.42. The van der Waals surface area contributed by atoms with Crippen LogP contribution in [0, 0.1) is 27.7 Å². The maximum Gasteiger partial charge on any atom is 0.271 e. The summed E-state index contributed by atoms with van der Waals surface area (Å²) < 4.78 is 10.4. The summed E-state index contributed by atoms with van der Waals surface area (Å²) in [5.41, 5.74) is 5.75. The highest BCUT2D eigenvalue weighted by molar-refractivity contribution is 7.99. The Kier molecular flexibility index (Phi) is 6.78. The van der Waals surface area contributed by atoms with Gasteiger partial charge in [0.1, 0.15) is 5.75 Å². The van der Waals surface area contributed by atoms with Gasteiger partial charge < -0.3 is 15.1 Å². The molecule has 9 nitrogen and oxygen atoms in total. The van der Waals surface area contributed by atoms with Gasteiger partial charge in [0, 0.05) is 29.2 Å². The van der Waals surface area contributed by atoms with Crippen LogP contribution in [-0.2, 0) is 13.0 Å². The van der Waals surface area contributed by atoms with Crippen molar-refractivity contribution < 1.29 is 9.53 Å². The van der Waals surface area contributed by atoms with E-state index in [1.165, 1.54) is 22.0 Å². The van der Waals surface area contributed by atoms with E-state index in [1.807, 2.05) is 52.0 Å². The molecule has 2 N–H and O–H groups in total. The maximum atomic E-state index is 13.0. The monoisotopic (exact) mass is 479 g/mol. The summed E-state index contributed by atoms with van der Waals surface area (Å²) in [6, 6.07) is 12.0. The molecule has 0 aliphatic carbocycles. The SMILES string of the molecule is COc1ccc(CCn2c(C)cc(C(=O)CSc3nnc(-n4nc(C)cc4C)n3N)c2C)cc1. The number of nitrogens with zero attached hydrogens (tertiary/aromatic N) is 6. The molecule has 4 rings (SSSR count). The lowest BCUT2D eigenvalue weighted by molar-refractivity contribution is 0.102. The van der Waals surface area contributed by atoms with Gasteiger partial charge in [-0.3, -0.25) is 4.79 Å². The highest BCUT2D eigenvalue weighted by Gasteiger charge is 2.19. The predicted octanol–water partition coefficient (Wildman–Crippen LogP) is 3.44. The van der Waals surface area contributed by atoms with Gasteiger partial charge in [-0.25, -0.2) is 9.36 Å². The maximum absolute atomic E-state index is 13.0. The fourth-order valence-electron chi connectivity index (χ4n) is 4.01. The molecule has 34 heavy (non-hydrogen) atoms. The Morgan fingerprint density at radius 2 is 1.79 bits per heavy atom. The number of thioether (sulfide) groups is 1. The molecule has 3 heterocycles. The Morgan fingerprint density at radius 1 is 1.06 bits per heavy atom. The second-order valence-corrected chi connectivity index (χ2v) is 9.18. The van der Waals surface area contributed by atoms with Crippen molar-refractivity contribution in [1.29, 1.82) is 0 Å². The summed E-state index contributed by atoms with van der Waals surface area (Å²) in [5, 5.41) is 13.2. The minimum atomic E-state index is 0.0319. The number of methoxy groups -OCH3 is 1. The number of ether oxygens (including phenoxy) is 1. The van der Waals surface area contributed by atoms with Crippen LogP contribution in [0.2, 0.25) is 0 Å². The molecule has 0 amide bonds. The molecular weight excluding hydrogens is 450 g/mol. The summed E-state index contributed by atoms with van der Waals surface area (Å²) in [6.45, 7) is 8.65. The van der Waals surface area contributed by atoms with Crippen LogP contribution in [0.5, 0.6) is 5.75 Å². The average Bonchev–Trinajstić information content (AvgIpc) is 3.45. The van der Waals surface area contributed by atoms with Crippen molar-refractivity contribution in [3.05, 3.63) is 70.3 Å². The number of rotatable bonds is 9. The molecule has 0 unspecified atom stereocenters. The third-order valence-corrected chi connectivity index (χ3v) is 6.78. The smallest absolute Gasteiger partial charge is 0.271 e. The molecule has 0 fully saturated rings. The molecular formula is C24H29N7O2S. The van der Waals surface area contributed by atoms with Gasteiger partial charge in [-0.1, -0.05) is 23.9 Å². The summed E-state index contributed by atoms with van der Waals surface area (Å²) in [4.78, 5) is 13.0. The number of carbonyl (C=O) groups excluding carboxylic acids is 1. The molecule has 1 aromatic carbocycles. The van der Waals surface area contributed by atoms with Gasteiger partial charge in [-0.05, 0) is 63.9 Å². The summed E-state index contributed by atoms with van der Waals surface area (Å²) in [6.07, 6.45) is 0.869. The van der Waals surface area contributed by atoms with Crippen LogP contribution in [0.1, 0.15) is 38.7 Å². The lowest BCUT2D eigenvalue weighted by Gasteiger charge is -2.10. The van der Waals surface area contributed by atoms with Crippen LogP contribution in [0.3, 0.4) is 0 Å². The third-order valence-electron chi connectivity index (χ3n) is 5.84. The fraction of sp³-hybridized carbons (Fsp3) is 0.333. The fourth-order valence-corrected chi connectivity index (χ4v) is 4.75. The van der Waals surface area contributed by atoms with Crippen molar-refractivity contribution in [2.45, 2.75) is 45.8 Å². The summed E-state index contributed by atoms with van der Waals surface area (Å²) in [5.74, 6) is 7.70. The second kappa shape index (κ2) is 9.76. The Morgan fingerprint density at radius 3 is 2.44 bits per heavy atom. The number of carbonyl (C=O) groups is 1. The van der Waals surface area contributed by atoms with E-state index >= 15 is 0 Å². The lowest BCUT2D eigenvalue weighted by Crippen LogP contribution is -2.17. The van der Waals surface area contributed by atoms with Crippen molar-refractivity contribution in [2.75, 3.05) is 18.7 Å².